The molecule has 0 radical (unpaired) electrons. The average molecular weight is 299 g/mol. The third kappa shape index (κ3) is 6.00. The van der Waals surface area contributed by atoms with Gasteiger partial charge in [-0.2, -0.15) is 8.39 Å². The van der Waals surface area contributed by atoms with Crippen molar-refractivity contribution in [2.24, 2.45) is 5.41 Å². The fourth-order valence-corrected chi connectivity index (χ4v) is 2.33. The molecule has 1 aromatic rings. The molecule has 0 fully saturated rings. The number of hydrogen-bond acceptors (Lipinski definition) is 1. The summed E-state index contributed by atoms with van der Waals surface area (Å²) >= 11 is 0. The molecular formula is C16H24F2NP. The van der Waals surface area contributed by atoms with E-state index in [1.54, 1.807) is 12.1 Å². The molecule has 112 valence electrons. The second kappa shape index (κ2) is 7.17. The zero-order valence-corrected chi connectivity index (χ0v) is 13.6. The highest BCUT2D eigenvalue weighted by Crippen LogP contribution is 2.37. The molecule has 0 amide bonds. The smallest absolute Gasteiger partial charge is 0.298 e. The summed E-state index contributed by atoms with van der Waals surface area (Å²) in [5.74, 6) is 0. The van der Waals surface area contributed by atoms with Crippen molar-refractivity contribution in [3.63, 3.8) is 0 Å². The maximum absolute atomic E-state index is 12.8. The van der Waals surface area contributed by atoms with Crippen LogP contribution >= 0.6 is 8.54 Å². The SMILES string of the molecule is C=C(CCC(C)(C)C)NC(C)c1cccc(P(F)F)c1. The lowest BCUT2D eigenvalue weighted by atomic mass is 9.90. The van der Waals surface area contributed by atoms with Crippen molar-refractivity contribution in [3.8, 4) is 0 Å². The van der Waals surface area contributed by atoms with E-state index in [4.69, 9.17) is 0 Å². The van der Waals surface area contributed by atoms with Gasteiger partial charge in [0.05, 0.1) is 0 Å². The van der Waals surface area contributed by atoms with E-state index in [1.165, 1.54) is 6.07 Å². The van der Waals surface area contributed by atoms with Crippen LogP contribution in [0.4, 0.5) is 8.39 Å². The molecule has 1 nitrogen and oxygen atoms in total. The summed E-state index contributed by atoms with van der Waals surface area (Å²) in [6.45, 7) is 12.6. The normalized spacial score (nSPS) is 13.3. The maximum Gasteiger partial charge on any atom is 0.298 e. The fourth-order valence-electron chi connectivity index (χ4n) is 1.89. The Hall–Kier alpha value is -0.950. The minimum absolute atomic E-state index is 0.00244. The van der Waals surface area contributed by atoms with Crippen molar-refractivity contribution in [1.29, 1.82) is 0 Å². The van der Waals surface area contributed by atoms with Crippen LogP contribution in [0.25, 0.3) is 0 Å². The molecule has 0 saturated carbocycles. The first-order valence-corrected chi connectivity index (χ1v) is 7.97. The number of rotatable bonds is 6. The van der Waals surface area contributed by atoms with E-state index in [-0.39, 0.29) is 16.8 Å². The number of nitrogens with one attached hydrogen (secondary N) is 1. The molecule has 1 unspecified atom stereocenters. The van der Waals surface area contributed by atoms with Crippen LogP contribution < -0.4 is 10.6 Å². The Morgan fingerprint density at radius 3 is 2.55 bits per heavy atom. The molecule has 1 N–H and O–H groups in total. The van der Waals surface area contributed by atoms with Gasteiger partial charge in [-0.1, -0.05) is 39.5 Å². The van der Waals surface area contributed by atoms with Crippen LogP contribution in [0.1, 0.15) is 52.1 Å². The standard InChI is InChI=1S/C16H24F2NP/c1-12(9-10-16(3,4)5)19-13(2)14-7-6-8-15(11-14)20(17)18/h6-8,11,13,19H,1,9-10H2,2-5H3. The predicted molar refractivity (Wildman–Crippen MR) is 84.6 cm³/mol. The first-order valence-electron chi connectivity index (χ1n) is 6.85. The lowest BCUT2D eigenvalue weighted by Gasteiger charge is -2.22. The van der Waals surface area contributed by atoms with Crippen LogP contribution in [0.2, 0.25) is 0 Å². The average Bonchev–Trinajstić information content (AvgIpc) is 2.35. The van der Waals surface area contributed by atoms with Gasteiger partial charge in [0.2, 0.25) is 0 Å². The lowest BCUT2D eigenvalue weighted by molar-refractivity contribution is 0.372. The molecule has 20 heavy (non-hydrogen) atoms. The van der Waals surface area contributed by atoms with Crippen molar-refractivity contribution in [2.45, 2.75) is 46.6 Å². The van der Waals surface area contributed by atoms with Gasteiger partial charge >= 0.3 is 0 Å². The van der Waals surface area contributed by atoms with Crippen LogP contribution in [-0.2, 0) is 0 Å². The van der Waals surface area contributed by atoms with Crippen LogP contribution in [0.5, 0.6) is 0 Å². The predicted octanol–water partition coefficient (Wildman–Crippen LogP) is 5.55. The Kier molecular flexibility index (Phi) is 6.13. The summed E-state index contributed by atoms with van der Waals surface area (Å²) in [5.41, 5.74) is 2.11. The molecule has 0 aliphatic heterocycles. The summed E-state index contributed by atoms with van der Waals surface area (Å²) in [6, 6.07) is 6.63. The molecule has 0 heterocycles. The molecular weight excluding hydrogens is 275 g/mol. The van der Waals surface area contributed by atoms with Crippen molar-refractivity contribution in [2.75, 3.05) is 0 Å². The number of allylic oxidation sites excluding steroid dienone is 1. The van der Waals surface area contributed by atoms with Crippen molar-refractivity contribution in [1.82, 2.24) is 5.32 Å². The monoisotopic (exact) mass is 299 g/mol. The van der Waals surface area contributed by atoms with Crippen LogP contribution in [0, 0.1) is 5.41 Å². The van der Waals surface area contributed by atoms with E-state index in [0.29, 0.717) is 0 Å². The first kappa shape index (κ1) is 17.1. The summed E-state index contributed by atoms with van der Waals surface area (Å²) in [4.78, 5) is 0. The largest absolute Gasteiger partial charge is 0.382 e. The summed E-state index contributed by atoms with van der Waals surface area (Å²) < 4.78 is 25.5. The van der Waals surface area contributed by atoms with Crippen molar-refractivity contribution < 1.29 is 8.39 Å². The Balaban J connectivity index is 2.60. The molecule has 0 saturated heterocycles. The minimum Gasteiger partial charge on any atom is -0.382 e. The van der Waals surface area contributed by atoms with Gasteiger partial charge in [0.15, 0.2) is 0 Å². The molecule has 0 aliphatic rings. The highest BCUT2D eigenvalue weighted by atomic mass is 31.2. The second-order valence-electron chi connectivity index (χ2n) is 6.36. The highest BCUT2D eigenvalue weighted by molar-refractivity contribution is 7.55. The molecule has 0 aromatic heterocycles. The van der Waals surface area contributed by atoms with E-state index in [0.717, 1.165) is 24.1 Å². The third-order valence-corrected chi connectivity index (χ3v) is 3.83. The summed E-state index contributed by atoms with van der Waals surface area (Å²) in [6.07, 6.45) is 1.94. The van der Waals surface area contributed by atoms with E-state index in [9.17, 15) is 8.39 Å². The number of halogens is 2. The van der Waals surface area contributed by atoms with E-state index < -0.39 is 8.54 Å². The van der Waals surface area contributed by atoms with Crippen molar-refractivity contribution in [3.05, 3.63) is 42.1 Å². The van der Waals surface area contributed by atoms with Gasteiger partial charge in [0.25, 0.3) is 8.54 Å². The molecule has 0 spiro atoms. The third-order valence-electron chi connectivity index (χ3n) is 3.16. The summed E-state index contributed by atoms with van der Waals surface area (Å²) in [5, 5.41) is 3.43. The Morgan fingerprint density at radius 2 is 2.00 bits per heavy atom. The molecule has 1 rings (SSSR count). The van der Waals surface area contributed by atoms with Crippen molar-refractivity contribution >= 4 is 13.8 Å². The van der Waals surface area contributed by atoms with E-state index in [1.807, 2.05) is 13.0 Å². The van der Waals surface area contributed by atoms with Crippen LogP contribution in [0.15, 0.2) is 36.5 Å². The minimum atomic E-state index is -3.03. The van der Waals surface area contributed by atoms with Crippen LogP contribution in [-0.4, -0.2) is 0 Å². The molecule has 0 aliphatic carbocycles. The lowest BCUT2D eigenvalue weighted by Crippen LogP contribution is -2.19. The van der Waals surface area contributed by atoms with Gasteiger partial charge in [-0.15, -0.1) is 0 Å². The Morgan fingerprint density at radius 1 is 1.35 bits per heavy atom. The van der Waals surface area contributed by atoms with Gasteiger partial charge in [0.1, 0.15) is 0 Å². The van der Waals surface area contributed by atoms with Gasteiger partial charge in [-0.3, -0.25) is 0 Å². The Labute approximate surface area is 122 Å². The zero-order valence-electron chi connectivity index (χ0n) is 12.7. The quantitative estimate of drug-likeness (QED) is 0.679. The molecule has 1 atom stereocenters. The Bertz CT molecular complexity index is 452. The molecule has 0 bridgehead atoms. The fraction of sp³-hybridized carbons (Fsp3) is 0.500. The highest BCUT2D eigenvalue weighted by Gasteiger charge is 2.14. The summed E-state index contributed by atoms with van der Waals surface area (Å²) in [7, 11) is -3.03. The van der Waals surface area contributed by atoms with E-state index >= 15 is 0 Å². The molecule has 1 aromatic carbocycles. The van der Waals surface area contributed by atoms with Gasteiger partial charge in [0, 0.05) is 17.0 Å². The van der Waals surface area contributed by atoms with E-state index in [2.05, 4.69) is 32.7 Å². The zero-order chi connectivity index (χ0) is 15.3. The first-order chi connectivity index (χ1) is 9.19. The number of benzene rings is 1. The number of hydrogen-bond donors (Lipinski definition) is 1. The van der Waals surface area contributed by atoms with Gasteiger partial charge in [-0.25, -0.2) is 0 Å². The van der Waals surface area contributed by atoms with Gasteiger partial charge in [-0.05, 0) is 42.9 Å². The topological polar surface area (TPSA) is 12.0 Å². The maximum atomic E-state index is 12.8. The van der Waals surface area contributed by atoms with Crippen LogP contribution in [0.3, 0.4) is 0 Å². The molecule has 4 heteroatoms. The second-order valence-corrected chi connectivity index (χ2v) is 7.34. The van der Waals surface area contributed by atoms with Gasteiger partial charge < -0.3 is 5.32 Å².